The third kappa shape index (κ3) is 1.66. The second-order valence-corrected chi connectivity index (χ2v) is 2.21. The maximum atomic E-state index is 10.3. The van der Waals surface area contributed by atoms with Crippen LogP contribution < -0.4 is 0 Å². The summed E-state index contributed by atoms with van der Waals surface area (Å²) >= 11 is 0. The zero-order valence-corrected chi connectivity index (χ0v) is 6.02. The molecule has 0 saturated heterocycles. The minimum Gasteiger partial charge on any atom is -0.259 e. The van der Waals surface area contributed by atoms with Gasteiger partial charge in [0.2, 0.25) is 0 Å². The zero-order valence-electron chi connectivity index (χ0n) is 7.02. The molecule has 0 saturated carbocycles. The highest BCUT2D eigenvalue weighted by Crippen LogP contribution is 2.17. The average molecular weight is 171 g/mol. The van der Waals surface area contributed by atoms with Gasteiger partial charge >= 0.3 is 0 Å². The average Bonchev–Trinajstić information content (AvgIpc) is 2.03. The Morgan fingerprint density at radius 3 is 2.58 bits per heavy atom. The molecular formula is C6H6N2O4. The van der Waals surface area contributed by atoms with Crippen molar-refractivity contribution >= 4 is 0 Å². The van der Waals surface area contributed by atoms with Gasteiger partial charge in [-0.1, -0.05) is 0 Å². The number of nitrogens with zero attached hydrogens (tertiary/aromatic N) is 2. The van der Waals surface area contributed by atoms with Crippen molar-refractivity contribution in [1.82, 2.24) is 0 Å². The van der Waals surface area contributed by atoms with Gasteiger partial charge in [-0.2, -0.15) is 0 Å². The van der Waals surface area contributed by atoms with Crippen molar-refractivity contribution < 1.29 is 11.2 Å². The normalized spacial score (nSPS) is 18.3. The molecule has 64 valence electrons. The second kappa shape index (κ2) is 3.12. The Labute approximate surface area is 68.9 Å². The van der Waals surface area contributed by atoms with Crippen LogP contribution >= 0.6 is 0 Å². The highest BCUT2D eigenvalue weighted by atomic mass is 16.6. The fourth-order valence-electron chi connectivity index (χ4n) is 0.864. The summed E-state index contributed by atoms with van der Waals surface area (Å²) in [5.74, 6) is 0. The van der Waals surface area contributed by atoms with Crippen molar-refractivity contribution in [3.63, 3.8) is 0 Å². The van der Waals surface area contributed by atoms with E-state index in [0.717, 1.165) is 0 Å². The SMILES string of the molecule is [2H]C1=C([N+](=O)[O-])CCC=C1[N+](=O)[O-]. The molecule has 0 aliphatic heterocycles. The van der Waals surface area contributed by atoms with E-state index in [1.807, 2.05) is 0 Å². The molecule has 0 spiro atoms. The molecule has 1 aliphatic carbocycles. The summed E-state index contributed by atoms with van der Waals surface area (Å²) in [6.45, 7) is 0. The molecule has 6 nitrogen and oxygen atoms in total. The van der Waals surface area contributed by atoms with Gasteiger partial charge in [-0.3, -0.25) is 20.2 Å². The van der Waals surface area contributed by atoms with Crippen LogP contribution in [0.2, 0.25) is 0 Å². The summed E-state index contributed by atoms with van der Waals surface area (Å²) in [6.07, 6.45) is 1.56. The van der Waals surface area contributed by atoms with Gasteiger partial charge in [0.15, 0.2) is 0 Å². The van der Waals surface area contributed by atoms with E-state index in [1.165, 1.54) is 6.08 Å². The lowest BCUT2D eigenvalue weighted by atomic mass is 10.1. The molecule has 1 aliphatic rings. The lowest BCUT2D eigenvalue weighted by Crippen LogP contribution is -2.06. The Morgan fingerprint density at radius 2 is 2.08 bits per heavy atom. The monoisotopic (exact) mass is 171 g/mol. The van der Waals surface area contributed by atoms with Crippen molar-refractivity contribution in [1.29, 1.82) is 0 Å². The first-order valence-electron chi connectivity index (χ1n) is 3.73. The van der Waals surface area contributed by atoms with E-state index in [0.29, 0.717) is 0 Å². The smallest absolute Gasteiger partial charge is 0.259 e. The minimum atomic E-state index is -0.773. The van der Waals surface area contributed by atoms with Crippen LogP contribution in [0.4, 0.5) is 0 Å². The molecule has 12 heavy (non-hydrogen) atoms. The number of rotatable bonds is 2. The van der Waals surface area contributed by atoms with Crippen LogP contribution in [-0.4, -0.2) is 9.85 Å². The van der Waals surface area contributed by atoms with Gasteiger partial charge in [0.05, 0.1) is 17.3 Å². The zero-order chi connectivity index (χ0) is 10.0. The molecule has 0 aromatic carbocycles. The molecule has 0 aromatic rings. The lowest BCUT2D eigenvalue weighted by Gasteiger charge is -2.00. The van der Waals surface area contributed by atoms with Gasteiger partial charge in [-0.15, -0.1) is 0 Å². The maximum Gasteiger partial charge on any atom is 0.271 e. The molecule has 1 rings (SSSR count). The summed E-state index contributed by atoms with van der Waals surface area (Å²) in [4.78, 5) is 19.1. The van der Waals surface area contributed by atoms with E-state index < -0.39 is 21.6 Å². The Morgan fingerprint density at radius 1 is 1.42 bits per heavy atom. The third-order valence-electron chi connectivity index (χ3n) is 1.41. The number of allylic oxidation sites excluding steroid dienone is 3. The first-order valence-corrected chi connectivity index (χ1v) is 3.23. The molecule has 0 atom stereocenters. The van der Waals surface area contributed by atoms with Gasteiger partial charge in [0, 0.05) is 6.42 Å². The standard InChI is InChI=1S/C6H6N2O4/c9-7(10)5-2-1-3-6(4-5)8(11)12/h2,4H,1,3H2/i4D. The van der Waals surface area contributed by atoms with Crippen LogP contribution in [0.1, 0.15) is 14.2 Å². The fraction of sp³-hybridized carbons (Fsp3) is 0.333. The first-order chi connectivity index (χ1) is 6.04. The molecule has 0 aromatic heterocycles. The summed E-state index contributed by atoms with van der Waals surface area (Å²) < 4.78 is 7.18. The van der Waals surface area contributed by atoms with Crippen LogP contribution in [0.5, 0.6) is 0 Å². The number of hydrogen-bond donors (Lipinski definition) is 0. The van der Waals surface area contributed by atoms with Gasteiger partial charge in [-0.25, -0.2) is 0 Å². The molecule has 0 heterocycles. The Balaban J connectivity index is 3.10. The maximum absolute atomic E-state index is 10.3. The van der Waals surface area contributed by atoms with Crippen molar-refractivity contribution in [3.05, 3.63) is 43.8 Å². The molecular weight excluding hydrogens is 164 g/mol. The van der Waals surface area contributed by atoms with Gasteiger partial charge < -0.3 is 0 Å². The number of hydrogen-bond acceptors (Lipinski definition) is 4. The predicted molar refractivity (Wildman–Crippen MR) is 39.4 cm³/mol. The van der Waals surface area contributed by atoms with E-state index in [1.54, 1.807) is 0 Å². The quantitative estimate of drug-likeness (QED) is 0.459. The largest absolute Gasteiger partial charge is 0.271 e. The highest BCUT2D eigenvalue weighted by Gasteiger charge is 2.20. The first kappa shape index (κ1) is 6.96. The van der Waals surface area contributed by atoms with Crippen molar-refractivity contribution in [2.24, 2.45) is 0 Å². The van der Waals surface area contributed by atoms with Crippen LogP contribution in [0.15, 0.2) is 23.5 Å². The Hall–Kier alpha value is -1.72. The van der Waals surface area contributed by atoms with Crippen LogP contribution in [-0.2, 0) is 0 Å². The third-order valence-corrected chi connectivity index (χ3v) is 1.41. The topological polar surface area (TPSA) is 86.3 Å². The molecule has 6 heteroatoms. The van der Waals surface area contributed by atoms with Gasteiger partial charge in [0.1, 0.15) is 0 Å². The Bertz CT molecular complexity index is 334. The van der Waals surface area contributed by atoms with E-state index in [2.05, 4.69) is 0 Å². The molecule has 0 unspecified atom stereocenters. The van der Waals surface area contributed by atoms with Crippen molar-refractivity contribution in [2.75, 3.05) is 0 Å². The summed E-state index contributed by atoms with van der Waals surface area (Å²) in [5, 5.41) is 20.6. The molecule has 0 N–H and O–H groups in total. The van der Waals surface area contributed by atoms with Crippen LogP contribution in [0.25, 0.3) is 0 Å². The summed E-state index contributed by atoms with van der Waals surface area (Å²) in [7, 11) is 0. The highest BCUT2D eigenvalue weighted by molar-refractivity contribution is 5.18. The van der Waals surface area contributed by atoms with Crippen molar-refractivity contribution in [2.45, 2.75) is 12.8 Å². The summed E-state index contributed by atoms with van der Waals surface area (Å²) in [6, 6.07) is -0.582. The van der Waals surface area contributed by atoms with Gasteiger partial charge in [-0.05, 0) is 12.5 Å². The molecule has 0 fully saturated rings. The Kier molecular flexibility index (Phi) is 1.81. The second-order valence-electron chi connectivity index (χ2n) is 2.21. The van der Waals surface area contributed by atoms with Gasteiger partial charge in [0.25, 0.3) is 11.4 Å². The number of nitro groups is 2. The van der Waals surface area contributed by atoms with Crippen LogP contribution in [0.3, 0.4) is 0 Å². The van der Waals surface area contributed by atoms with Crippen molar-refractivity contribution in [3.8, 4) is 0 Å². The molecule has 0 radical (unpaired) electrons. The van der Waals surface area contributed by atoms with E-state index in [4.69, 9.17) is 1.37 Å². The predicted octanol–water partition coefficient (Wildman–Crippen LogP) is 1.10. The lowest BCUT2D eigenvalue weighted by molar-refractivity contribution is -0.438. The molecule has 0 bridgehead atoms. The van der Waals surface area contributed by atoms with E-state index in [-0.39, 0.29) is 18.5 Å². The van der Waals surface area contributed by atoms with E-state index >= 15 is 0 Å². The summed E-state index contributed by atoms with van der Waals surface area (Å²) in [5.41, 5.74) is -0.854. The fourth-order valence-corrected chi connectivity index (χ4v) is 0.864. The van der Waals surface area contributed by atoms with E-state index in [9.17, 15) is 20.2 Å². The molecule has 0 amide bonds. The van der Waals surface area contributed by atoms with Crippen LogP contribution in [0, 0.1) is 20.2 Å². The minimum absolute atomic E-state index is 0.0865.